The molecule has 1 atom stereocenters. The van der Waals surface area contributed by atoms with Gasteiger partial charge >= 0.3 is 0 Å². The Labute approximate surface area is 138 Å². The Hall–Kier alpha value is -1.88. The standard InChI is InChI=1S/C18H28N2O3/c1-13(21)10-11-20(5)16(22)15-8-6-14(7-9-15)12-19-17(23)18(2,3)4/h6-9,13,21H,10-12H2,1-5H3,(H,19,23). The van der Waals surface area contributed by atoms with Crippen molar-refractivity contribution in [2.45, 2.75) is 46.8 Å². The van der Waals surface area contributed by atoms with Gasteiger partial charge in [-0.15, -0.1) is 0 Å². The lowest BCUT2D eigenvalue weighted by molar-refractivity contribution is -0.128. The Morgan fingerprint density at radius 2 is 1.78 bits per heavy atom. The first-order chi connectivity index (χ1) is 10.6. The van der Waals surface area contributed by atoms with Crippen LogP contribution in [0.3, 0.4) is 0 Å². The molecule has 5 nitrogen and oxygen atoms in total. The van der Waals surface area contributed by atoms with E-state index in [2.05, 4.69) is 5.32 Å². The summed E-state index contributed by atoms with van der Waals surface area (Å²) in [6, 6.07) is 7.22. The molecule has 0 aromatic heterocycles. The number of carbonyl (C=O) groups is 2. The van der Waals surface area contributed by atoms with Gasteiger partial charge in [-0.2, -0.15) is 0 Å². The molecular weight excluding hydrogens is 292 g/mol. The van der Waals surface area contributed by atoms with Gasteiger partial charge < -0.3 is 15.3 Å². The van der Waals surface area contributed by atoms with Crippen molar-refractivity contribution in [1.29, 1.82) is 0 Å². The lowest BCUT2D eigenvalue weighted by Gasteiger charge is -2.19. The van der Waals surface area contributed by atoms with Crippen molar-refractivity contribution in [3.8, 4) is 0 Å². The molecule has 2 N–H and O–H groups in total. The van der Waals surface area contributed by atoms with Crippen LogP contribution in [0.1, 0.15) is 50.0 Å². The predicted octanol–water partition coefficient (Wildman–Crippen LogP) is 2.19. The monoisotopic (exact) mass is 320 g/mol. The van der Waals surface area contributed by atoms with Crippen LogP contribution in [0.5, 0.6) is 0 Å². The Balaban J connectivity index is 2.59. The molecule has 1 aromatic rings. The first-order valence-corrected chi connectivity index (χ1v) is 7.92. The zero-order chi connectivity index (χ0) is 17.6. The molecule has 0 radical (unpaired) electrons. The van der Waals surface area contributed by atoms with Gasteiger partial charge in [-0.3, -0.25) is 9.59 Å². The van der Waals surface area contributed by atoms with Crippen molar-refractivity contribution >= 4 is 11.8 Å². The number of benzene rings is 1. The minimum Gasteiger partial charge on any atom is -0.393 e. The molecule has 1 rings (SSSR count). The first-order valence-electron chi connectivity index (χ1n) is 7.92. The number of aliphatic hydroxyl groups excluding tert-OH is 1. The molecule has 0 aliphatic carbocycles. The number of nitrogens with zero attached hydrogens (tertiary/aromatic N) is 1. The number of aliphatic hydroxyl groups is 1. The minimum absolute atomic E-state index is 0.00416. The van der Waals surface area contributed by atoms with Crippen LogP contribution in [-0.2, 0) is 11.3 Å². The molecule has 0 saturated carbocycles. The van der Waals surface area contributed by atoms with E-state index in [1.165, 1.54) is 0 Å². The van der Waals surface area contributed by atoms with Crippen LogP contribution in [0.15, 0.2) is 24.3 Å². The lowest BCUT2D eigenvalue weighted by atomic mass is 9.95. The summed E-state index contributed by atoms with van der Waals surface area (Å²) >= 11 is 0. The molecule has 2 amide bonds. The largest absolute Gasteiger partial charge is 0.393 e. The number of hydrogen-bond acceptors (Lipinski definition) is 3. The number of carbonyl (C=O) groups excluding carboxylic acids is 2. The minimum atomic E-state index is -0.418. The van der Waals surface area contributed by atoms with E-state index in [1.54, 1.807) is 31.0 Å². The molecule has 128 valence electrons. The van der Waals surface area contributed by atoms with E-state index in [0.717, 1.165) is 5.56 Å². The summed E-state index contributed by atoms with van der Waals surface area (Å²) < 4.78 is 0. The van der Waals surface area contributed by atoms with Crippen LogP contribution >= 0.6 is 0 Å². The third-order valence-electron chi connectivity index (χ3n) is 3.56. The molecule has 0 spiro atoms. The highest BCUT2D eigenvalue weighted by molar-refractivity contribution is 5.94. The predicted molar refractivity (Wildman–Crippen MR) is 91.0 cm³/mol. The Morgan fingerprint density at radius 3 is 2.26 bits per heavy atom. The fourth-order valence-electron chi connectivity index (χ4n) is 1.92. The molecule has 0 bridgehead atoms. The zero-order valence-corrected chi connectivity index (χ0v) is 14.7. The van der Waals surface area contributed by atoms with Crippen LogP contribution in [0, 0.1) is 5.41 Å². The van der Waals surface area contributed by atoms with Crippen LogP contribution in [0.25, 0.3) is 0 Å². The maximum Gasteiger partial charge on any atom is 0.253 e. The van der Waals surface area contributed by atoms with Crippen molar-refractivity contribution in [3.63, 3.8) is 0 Å². The van der Waals surface area contributed by atoms with E-state index in [0.29, 0.717) is 25.1 Å². The van der Waals surface area contributed by atoms with Crippen LogP contribution < -0.4 is 5.32 Å². The van der Waals surface area contributed by atoms with Crippen molar-refractivity contribution in [1.82, 2.24) is 10.2 Å². The van der Waals surface area contributed by atoms with Crippen LogP contribution in [-0.4, -0.2) is 41.5 Å². The van der Waals surface area contributed by atoms with Crippen molar-refractivity contribution < 1.29 is 14.7 Å². The third kappa shape index (κ3) is 6.40. The molecule has 23 heavy (non-hydrogen) atoms. The van der Waals surface area contributed by atoms with Gasteiger partial charge in [0.1, 0.15) is 0 Å². The van der Waals surface area contributed by atoms with Gasteiger partial charge in [0, 0.05) is 31.1 Å². The fraction of sp³-hybridized carbons (Fsp3) is 0.556. The molecule has 0 saturated heterocycles. The second kappa shape index (κ2) is 8.11. The van der Waals surface area contributed by atoms with Gasteiger partial charge in [0.05, 0.1) is 6.10 Å². The van der Waals surface area contributed by atoms with Crippen molar-refractivity contribution in [3.05, 3.63) is 35.4 Å². The molecule has 0 aliphatic rings. The number of rotatable bonds is 6. The average molecular weight is 320 g/mol. The van der Waals surface area contributed by atoms with E-state index in [-0.39, 0.29) is 11.8 Å². The second-order valence-electron chi connectivity index (χ2n) is 6.99. The number of amides is 2. The summed E-state index contributed by atoms with van der Waals surface area (Å²) in [5.41, 5.74) is 1.14. The summed E-state index contributed by atoms with van der Waals surface area (Å²) in [5.74, 6) is -0.0774. The van der Waals surface area contributed by atoms with E-state index < -0.39 is 11.5 Å². The maximum atomic E-state index is 12.2. The summed E-state index contributed by atoms with van der Waals surface area (Å²) in [5, 5.41) is 12.2. The van der Waals surface area contributed by atoms with Gasteiger partial charge in [0.25, 0.3) is 5.91 Å². The Morgan fingerprint density at radius 1 is 1.22 bits per heavy atom. The molecule has 0 heterocycles. The molecule has 0 aliphatic heterocycles. The first kappa shape index (κ1) is 19.2. The molecular formula is C18H28N2O3. The fourth-order valence-corrected chi connectivity index (χ4v) is 1.92. The number of hydrogen-bond donors (Lipinski definition) is 2. The highest BCUT2D eigenvalue weighted by Gasteiger charge is 2.20. The maximum absolute atomic E-state index is 12.2. The molecule has 1 unspecified atom stereocenters. The highest BCUT2D eigenvalue weighted by atomic mass is 16.3. The molecule has 1 aromatic carbocycles. The highest BCUT2D eigenvalue weighted by Crippen LogP contribution is 2.13. The molecule has 0 fully saturated rings. The Kier molecular flexibility index (Phi) is 6.76. The summed E-state index contributed by atoms with van der Waals surface area (Å²) in [6.07, 6.45) is 0.137. The van der Waals surface area contributed by atoms with Crippen molar-refractivity contribution in [2.75, 3.05) is 13.6 Å². The summed E-state index contributed by atoms with van der Waals surface area (Å²) in [6.45, 7) is 8.27. The SMILES string of the molecule is CC(O)CCN(C)C(=O)c1ccc(CNC(=O)C(C)(C)C)cc1. The van der Waals surface area contributed by atoms with Crippen LogP contribution in [0.4, 0.5) is 0 Å². The summed E-state index contributed by atoms with van der Waals surface area (Å²) in [4.78, 5) is 25.7. The second-order valence-corrected chi connectivity index (χ2v) is 6.99. The lowest BCUT2D eigenvalue weighted by Crippen LogP contribution is -2.34. The molecule has 5 heteroatoms. The van der Waals surface area contributed by atoms with Crippen LogP contribution in [0.2, 0.25) is 0 Å². The van der Waals surface area contributed by atoms with Gasteiger partial charge in [-0.05, 0) is 31.0 Å². The quantitative estimate of drug-likeness (QED) is 0.844. The van der Waals surface area contributed by atoms with Gasteiger partial charge in [0.15, 0.2) is 0 Å². The van der Waals surface area contributed by atoms with E-state index in [1.807, 2.05) is 32.9 Å². The van der Waals surface area contributed by atoms with Gasteiger partial charge in [0.2, 0.25) is 5.91 Å². The Bertz CT molecular complexity index is 530. The van der Waals surface area contributed by atoms with E-state index >= 15 is 0 Å². The zero-order valence-electron chi connectivity index (χ0n) is 14.7. The smallest absolute Gasteiger partial charge is 0.253 e. The van der Waals surface area contributed by atoms with Gasteiger partial charge in [-0.1, -0.05) is 32.9 Å². The average Bonchev–Trinajstić information content (AvgIpc) is 2.49. The normalized spacial score (nSPS) is 12.6. The summed E-state index contributed by atoms with van der Waals surface area (Å²) in [7, 11) is 1.72. The topological polar surface area (TPSA) is 69.6 Å². The van der Waals surface area contributed by atoms with E-state index in [4.69, 9.17) is 0 Å². The number of nitrogens with one attached hydrogen (secondary N) is 1. The van der Waals surface area contributed by atoms with E-state index in [9.17, 15) is 14.7 Å². The van der Waals surface area contributed by atoms with Gasteiger partial charge in [-0.25, -0.2) is 0 Å². The van der Waals surface area contributed by atoms with Crippen molar-refractivity contribution in [2.24, 2.45) is 5.41 Å². The third-order valence-corrected chi connectivity index (χ3v) is 3.56.